The molecule has 0 bridgehead atoms. The van der Waals surface area contributed by atoms with Gasteiger partial charge in [-0.1, -0.05) is 62.0 Å². The van der Waals surface area contributed by atoms with Crippen molar-refractivity contribution in [2.75, 3.05) is 10.7 Å². The van der Waals surface area contributed by atoms with Gasteiger partial charge in [-0.15, -0.1) is 28.3 Å². The van der Waals surface area contributed by atoms with Crippen LogP contribution in [0.25, 0.3) is 17.1 Å². The first-order valence-corrected chi connectivity index (χ1v) is 15.0. The number of aliphatic imine (C=N–C) groups is 1. The minimum absolute atomic E-state index is 0.0584. The fraction of sp³-hybridized carbons (Fsp3) is 0.226. The average Bonchev–Trinajstić information content (AvgIpc) is 3.63. The number of amidine groups is 1. The lowest BCUT2D eigenvalue weighted by atomic mass is 9.99. The van der Waals surface area contributed by atoms with Crippen molar-refractivity contribution < 1.29 is 42.2 Å². The zero-order chi connectivity index (χ0) is 33.9. The smallest absolute Gasteiger partial charge is 0.463 e. The fourth-order valence-corrected chi connectivity index (χ4v) is 5.44. The van der Waals surface area contributed by atoms with Crippen molar-refractivity contribution in [1.29, 1.82) is 0 Å². The summed E-state index contributed by atoms with van der Waals surface area (Å²) in [5.74, 6) is -0.199. The van der Waals surface area contributed by atoms with Crippen molar-refractivity contribution in [3.8, 4) is 22.8 Å². The molecule has 1 saturated heterocycles. The van der Waals surface area contributed by atoms with E-state index in [0.29, 0.717) is 33.4 Å². The van der Waals surface area contributed by atoms with Crippen molar-refractivity contribution in [2.45, 2.75) is 39.6 Å². The van der Waals surface area contributed by atoms with Crippen LogP contribution < -0.4 is 9.64 Å². The van der Waals surface area contributed by atoms with Gasteiger partial charge in [-0.05, 0) is 59.9 Å². The first-order valence-electron chi connectivity index (χ1n) is 14.0. The molecule has 0 radical (unpaired) electrons. The Morgan fingerprint density at radius 1 is 1.09 bits per heavy atom. The lowest BCUT2D eigenvalue weighted by Gasteiger charge is -2.22. The Morgan fingerprint density at radius 2 is 1.79 bits per heavy atom. The van der Waals surface area contributed by atoms with E-state index in [1.807, 2.05) is 39.0 Å². The molecule has 3 aromatic carbocycles. The number of rotatable bonds is 7. The van der Waals surface area contributed by atoms with Crippen molar-refractivity contribution in [1.82, 2.24) is 19.8 Å². The lowest BCUT2D eigenvalue weighted by molar-refractivity contribution is -0.274. The molecular formula is C31H27F3N6O6S. The molecule has 0 saturated carbocycles. The Labute approximate surface area is 270 Å². The van der Waals surface area contributed by atoms with Gasteiger partial charge < -0.3 is 14.7 Å². The van der Waals surface area contributed by atoms with Gasteiger partial charge in [0.05, 0.1) is 23.7 Å². The number of hydrogen-bond acceptors (Lipinski definition) is 8. The number of aromatic nitrogens is 3. The third kappa shape index (κ3) is 8.07. The zero-order valence-electron chi connectivity index (χ0n) is 25.1. The van der Waals surface area contributed by atoms with E-state index in [1.54, 1.807) is 24.3 Å². The number of aryl methyl sites for hydroxylation is 1. The molecule has 4 aromatic rings. The summed E-state index contributed by atoms with van der Waals surface area (Å²) in [6.07, 6.45) is -6.17. The minimum Gasteiger partial charge on any atom is -0.463 e. The molecular weight excluding hydrogens is 641 g/mol. The maximum absolute atomic E-state index is 12.8. The lowest BCUT2D eigenvalue weighted by Crippen LogP contribution is -2.33. The molecule has 2 heterocycles. The minimum atomic E-state index is -4.80. The number of benzene rings is 3. The molecule has 1 aliphatic heterocycles. The van der Waals surface area contributed by atoms with Crippen molar-refractivity contribution in [3.05, 3.63) is 89.7 Å². The van der Waals surface area contributed by atoms with Crippen LogP contribution in [0.4, 0.5) is 28.4 Å². The molecule has 0 spiro atoms. The van der Waals surface area contributed by atoms with Crippen LogP contribution in [0, 0.1) is 6.92 Å². The number of hydroxylamine groups is 2. The van der Waals surface area contributed by atoms with Gasteiger partial charge in [-0.25, -0.2) is 19.3 Å². The maximum atomic E-state index is 12.8. The van der Waals surface area contributed by atoms with Gasteiger partial charge in [0.25, 0.3) is 0 Å². The van der Waals surface area contributed by atoms with Crippen molar-refractivity contribution >= 4 is 40.7 Å². The second-order valence-corrected chi connectivity index (χ2v) is 11.5. The predicted molar refractivity (Wildman–Crippen MR) is 166 cm³/mol. The van der Waals surface area contributed by atoms with Crippen LogP contribution in [0.5, 0.6) is 5.75 Å². The third-order valence-corrected chi connectivity index (χ3v) is 7.69. The van der Waals surface area contributed by atoms with Crippen LogP contribution in [0.2, 0.25) is 0 Å². The molecule has 12 nitrogen and oxygen atoms in total. The molecule has 16 heteroatoms. The largest absolute Gasteiger partial charge is 0.573 e. The van der Waals surface area contributed by atoms with E-state index in [0.717, 1.165) is 35.0 Å². The Morgan fingerprint density at radius 3 is 2.43 bits per heavy atom. The normalized spacial score (nSPS) is 14.1. The summed E-state index contributed by atoms with van der Waals surface area (Å²) in [7, 11) is 0. The Bertz CT molecular complexity index is 1830. The summed E-state index contributed by atoms with van der Waals surface area (Å²) in [5, 5.41) is 14.6. The van der Waals surface area contributed by atoms with E-state index in [4.69, 9.17) is 4.84 Å². The topological polar surface area (TPSA) is 139 Å². The predicted octanol–water partition coefficient (Wildman–Crippen LogP) is 6.93. The summed E-state index contributed by atoms with van der Waals surface area (Å²) in [4.78, 5) is 52.1. The summed E-state index contributed by atoms with van der Waals surface area (Å²) in [6.45, 7) is 5.52. The first kappa shape index (κ1) is 33.0. The first-order chi connectivity index (χ1) is 22.3. The van der Waals surface area contributed by atoms with E-state index in [2.05, 4.69) is 19.8 Å². The third-order valence-electron chi connectivity index (χ3n) is 6.77. The molecule has 1 aromatic heterocycles. The molecule has 3 amide bonds. The molecule has 1 fully saturated rings. The van der Waals surface area contributed by atoms with Crippen LogP contribution in [-0.4, -0.2) is 60.3 Å². The van der Waals surface area contributed by atoms with Gasteiger partial charge >= 0.3 is 18.5 Å². The maximum Gasteiger partial charge on any atom is 0.573 e. The second kappa shape index (κ2) is 13.5. The number of thioether (sulfide) groups is 1. The molecule has 1 N–H and O–H groups in total. The van der Waals surface area contributed by atoms with Gasteiger partial charge in [0.2, 0.25) is 5.91 Å². The number of carbonyl (C=O) groups is 3. The monoisotopic (exact) mass is 668 g/mol. The SMILES string of the molecule is Cc1ccc(C(C)C)c(N2C(=O)CSC2=NC(=O)ON(Cc2ccc(-c3ncn(-c4ccc(OC(F)(F)F)cc4)n3)cc2)C(=O)O)c1. The number of alkyl halides is 3. The van der Waals surface area contributed by atoms with E-state index < -0.39 is 18.5 Å². The number of carbonyl (C=O) groups excluding carboxylic acids is 2. The second-order valence-electron chi connectivity index (χ2n) is 10.6. The summed E-state index contributed by atoms with van der Waals surface area (Å²) >= 11 is 1.05. The quantitative estimate of drug-likeness (QED) is 0.208. The average molecular weight is 669 g/mol. The van der Waals surface area contributed by atoms with Crippen molar-refractivity contribution in [2.24, 2.45) is 4.99 Å². The van der Waals surface area contributed by atoms with E-state index in [-0.39, 0.29) is 35.0 Å². The molecule has 0 atom stereocenters. The van der Waals surface area contributed by atoms with Crippen LogP contribution in [0.1, 0.15) is 36.5 Å². The molecule has 244 valence electrons. The van der Waals surface area contributed by atoms with Crippen LogP contribution >= 0.6 is 11.8 Å². The highest BCUT2D eigenvalue weighted by molar-refractivity contribution is 8.15. The van der Waals surface area contributed by atoms with E-state index in [9.17, 15) is 32.7 Å². The summed E-state index contributed by atoms with van der Waals surface area (Å²) in [6, 6.07) is 17.2. The number of hydrogen-bond donors (Lipinski definition) is 1. The van der Waals surface area contributed by atoms with Crippen LogP contribution in [0.15, 0.2) is 78.0 Å². The van der Waals surface area contributed by atoms with Gasteiger partial charge in [0, 0.05) is 5.56 Å². The fourth-order valence-electron chi connectivity index (χ4n) is 4.59. The summed E-state index contributed by atoms with van der Waals surface area (Å²) in [5.41, 5.74) is 3.87. The van der Waals surface area contributed by atoms with Gasteiger partial charge in [0.15, 0.2) is 11.0 Å². The van der Waals surface area contributed by atoms with Crippen LogP contribution in [0.3, 0.4) is 0 Å². The highest BCUT2D eigenvalue weighted by Crippen LogP contribution is 2.34. The number of amides is 3. The molecule has 0 aliphatic carbocycles. The number of halogens is 3. The highest BCUT2D eigenvalue weighted by Gasteiger charge is 2.33. The van der Waals surface area contributed by atoms with Gasteiger partial charge in [-0.2, -0.15) is 0 Å². The Balaban J connectivity index is 1.26. The van der Waals surface area contributed by atoms with Gasteiger partial charge in [-0.3, -0.25) is 9.69 Å². The van der Waals surface area contributed by atoms with Crippen molar-refractivity contribution in [3.63, 3.8) is 0 Å². The number of carboxylic acid groups (broad SMARTS) is 1. The van der Waals surface area contributed by atoms with E-state index in [1.165, 1.54) is 28.0 Å². The molecule has 0 unspecified atom stereocenters. The highest BCUT2D eigenvalue weighted by atomic mass is 32.2. The number of nitrogens with zero attached hydrogens (tertiary/aromatic N) is 6. The summed E-state index contributed by atoms with van der Waals surface area (Å²) < 4.78 is 42.5. The van der Waals surface area contributed by atoms with Gasteiger partial charge in [0.1, 0.15) is 12.1 Å². The number of anilines is 1. The molecule has 47 heavy (non-hydrogen) atoms. The molecule has 5 rings (SSSR count). The number of ether oxygens (including phenoxy) is 1. The zero-order valence-corrected chi connectivity index (χ0v) is 26.0. The molecule has 1 aliphatic rings. The standard InChI is InChI=1S/C31H27F3N6O6S/c1-18(2)24-13-4-19(3)14-25(24)40-26(41)16-47-28(40)36-29(42)46-39(30(43)44)15-20-5-7-21(8-6-20)27-35-17-38(37-27)22-9-11-23(12-10-22)45-31(32,33)34/h4-14,17-18H,15-16H2,1-3H3,(H,43,44). The van der Waals surface area contributed by atoms with Crippen LogP contribution in [-0.2, 0) is 16.2 Å². The van der Waals surface area contributed by atoms with E-state index >= 15 is 0 Å². The Hall–Kier alpha value is -5.38. The Kier molecular flexibility index (Phi) is 9.51.